The Hall–Kier alpha value is -1.24. The van der Waals surface area contributed by atoms with Crippen molar-refractivity contribution in [3.8, 4) is 0 Å². The highest BCUT2D eigenvalue weighted by molar-refractivity contribution is 8.00. The summed E-state index contributed by atoms with van der Waals surface area (Å²) in [6.45, 7) is -0.0723. The second kappa shape index (κ2) is 7.25. The SMILES string of the molecule is NC(=O)CN(C(=O)CSCC(=O)O)C1CCCC1. The zero-order valence-corrected chi connectivity index (χ0v) is 10.9. The number of nitrogens with zero attached hydrogens (tertiary/aromatic N) is 1. The monoisotopic (exact) mass is 274 g/mol. The molecule has 1 aliphatic rings. The fraction of sp³-hybridized carbons (Fsp3) is 0.727. The molecule has 102 valence electrons. The number of rotatable bonds is 7. The molecule has 0 bridgehead atoms. The second-order valence-electron chi connectivity index (χ2n) is 4.31. The zero-order chi connectivity index (χ0) is 13.5. The van der Waals surface area contributed by atoms with Gasteiger partial charge in [0.1, 0.15) is 0 Å². The molecule has 1 rings (SSSR count). The minimum Gasteiger partial charge on any atom is -0.481 e. The molecule has 0 aliphatic heterocycles. The van der Waals surface area contributed by atoms with Crippen molar-refractivity contribution in [3.63, 3.8) is 0 Å². The van der Waals surface area contributed by atoms with Crippen LogP contribution in [0.4, 0.5) is 0 Å². The highest BCUT2D eigenvalue weighted by Gasteiger charge is 2.27. The highest BCUT2D eigenvalue weighted by atomic mass is 32.2. The van der Waals surface area contributed by atoms with Crippen molar-refractivity contribution in [1.82, 2.24) is 4.90 Å². The Labute approximate surface area is 110 Å². The summed E-state index contributed by atoms with van der Waals surface area (Å²) in [5.74, 6) is -1.71. The van der Waals surface area contributed by atoms with E-state index in [1.165, 1.54) is 4.90 Å². The van der Waals surface area contributed by atoms with Crippen LogP contribution in [0.3, 0.4) is 0 Å². The van der Waals surface area contributed by atoms with E-state index in [2.05, 4.69) is 0 Å². The third-order valence-corrected chi connectivity index (χ3v) is 3.77. The predicted molar refractivity (Wildman–Crippen MR) is 68.1 cm³/mol. The largest absolute Gasteiger partial charge is 0.481 e. The van der Waals surface area contributed by atoms with Crippen molar-refractivity contribution >= 4 is 29.5 Å². The minimum absolute atomic E-state index is 0.0723. The normalized spacial score (nSPS) is 15.6. The van der Waals surface area contributed by atoms with Crippen molar-refractivity contribution in [2.24, 2.45) is 5.73 Å². The van der Waals surface area contributed by atoms with E-state index >= 15 is 0 Å². The quantitative estimate of drug-likeness (QED) is 0.683. The zero-order valence-electron chi connectivity index (χ0n) is 10.1. The molecule has 1 fully saturated rings. The first-order valence-electron chi connectivity index (χ1n) is 5.88. The molecular weight excluding hydrogens is 256 g/mol. The van der Waals surface area contributed by atoms with Crippen molar-refractivity contribution in [2.45, 2.75) is 31.7 Å². The minimum atomic E-state index is -0.949. The van der Waals surface area contributed by atoms with Gasteiger partial charge in [0.25, 0.3) is 0 Å². The lowest BCUT2D eigenvalue weighted by Gasteiger charge is -2.27. The molecule has 7 heteroatoms. The van der Waals surface area contributed by atoms with E-state index in [4.69, 9.17) is 10.8 Å². The first kappa shape index (κ1) is 14.8. The van der Waals surface area contributed by atoms with Crippen LogP contribution in [0.5, 0.6) is 0 Å². The van der Waals surface area contributed by atoms with E-state index in [-0.39, 0.29) is 30.0 Å². The molecule has 6 nitrogen and oxygen atoms in total. The lowest BCUT2D eigenvalue weighted by Crippen LogP contribution is -2.45. The summed E-state index contributed by atoms with van der Waals surface area (Å²) in [5, 5.41) is 8.50. The van der Waals surface area contributed by atoms with E-state index in [0.29, 0.717) is 0 Å². The molecule has 1 saturated carbocycles. The maximum Gasteiger partial charge on any atom is 0.313 e. The fourth-order valence-electron chi connectivity index (χ4n) is 2.11. The Kier molecular flexibility index (Phi) is 5.97. The fourth-order valence-corrected chi connectivity index (χ4v) is 2.73. The Bertz CT molecular complexity index is 329. The van der Waals surface area contributed by atoms with Crippen molar-refractivity contribution in [1.29, 1.82) is 0 Å². The molecule has 2 amide bonds. The standard InChI is InChI=1S/C11H18N2O4S/c12-9(14)5-13(8-3-1-2-4-8)10(15)6-18-7-11(16)17/h8H,1-7H2,(H2,12,14)(H,16,17). The van der Waals surface area contributed by atoms with Gasteiger partial charge in [-0.3, -0.25) is 14.4 Å². The van der Waals surface area contributed by atoms with Crippen molar-refractivity contribution in [3.05, 3.63) is 0 Å². The summed E-state index contributed by atoms with van der Waals surface area (Å²) in [6, 6.07) is 0.0791. The first-order chi connectivity index (χ1) is 8.50. The number of thioether (sulfide) groups is 1. The molecule has 0 spiro atoms. The van der Waals surface area contributed by atoms with Crippen molar-refractivity contribution in [2.75, 3.05) is 18.1 Å². The molecule has 0 atom stereocenters. The maximum atomic E-state index is 12.0. The summed E-state index contributed by atoms with van der Waals surface area (Å²) in [5.41, 5.74) is 5.14. The van der Waals surface area contributed by atoms with Crippen LogP contribution in [0.25, 0.3) is 0 Å². The number of nitrogens with two attached hydrogens (primary N) is 1. The molecule has 0 aromatic carbocycles. The number of primary amides is 1. The van der Waals surface area contributed by atoms with E-state index in [9.17, 15) is 14.4 Å². The van der Waals surface area contributed by atoms with Gasteiger partial charge >= 0.3 is 5.97 Å². The van der Waals surface area contributed by atoms with Gasteiger partial charge in [0, 0.05) is 6.04 Å². The number of carboxylic acids is 1. The van der Waals surface area contributed by atoms with Gasteiger partial charge in [0.2, 0.25) is 11.8 Å². The molecule has 0 unspecified atom stereocenters. The number of hydrogen-bond acceptors (Lipinski definition) is 4. The number of carbonyl (C=O) groups is 3. The topological polar surface area (TPSA) is 101 Å². The third kappa shape index (κ3) is 4.95. The van der Waals surface area contributed by atoms with Crippen LogP contribution in [0.15, 0.2) is 0 Å². The van der Waals surface area contributed by atoms with Gasteiger partial charge in [-0.1, -0.05) is 12.8 Å². The molecule has 18 heavy (non-hydrogen) atoms. The molecule has 0 saturated heterocycles. The lowest BCUT2D eigenvalue weighted by molar-refractivity contribution is -0.135. The Morgan fingerprint density at radius 1 is 1.22 bits per heavy atom. The predicted octanol–water partition coefficient (Wildman–Crippen LogP) is 0.0607. The number of hydrogen-bond donors (Lipinski definition) is 2. The molecule has 0 aromatic rings. The number of carbonyl (C=O) groups excluding carboxylic acids is 2. The summed E-state index contributed by atoms with van der Waals surface area (Å²) in [6.07, 6.45) is 3.89. The molecular formula is C11H18N2O4S. The van der Waals surface area contributed by atoms with Crippen molar-refractivity contribution < 1.29 is 19.5 Å². The van der Waals surface area contributed by atoms with E-state index in [1.807, 2.05) is 0 Å². The van der Waals surface area contributed by atoms with Gasteiger partial charge in [-0.2, -0.15) is 0 Å². The number of amides is 2. The van der Waals surface area contributed by atoms with E-state index < -0.39 is 11.9 Å². The summed E-state index contributed by atoms with van der Waals surface area (Å²) >= 11 is 1.04. The second-order valence-corrected chi connectivity index (χ2v) is 5.30. The number of aliphatic carboxylic acids is 1. The Morgan fingerprint density at radius 3 is 2.33 bits per heavy atom. The van der Waals surface area contributed by atoms with Gasteiger partial charge < -0.3 is 15.7 Å². The molecule has 0 radical (unpaired) electrons. The molecule has 3 N–H and O–H groups in total. The number of carboxylic acid groups (broad SMARTS) is 1. The van der Waals surface area contributed by atoms with Gasteiger partial charge in [-0.25, -0.2) is 0 Å². The van der Waals surface area contributed by atoms with Gasteiger partial charge in [0.15, 0.2) is 0 Å². The van der Waals surface area contributed by atoms with Gasteiger partial charge in [-0.15, -0.1) is 11.8 Å². The Balaban J connectivity index is 2.49. The summed E-state index contributed by atoms with van der Waals surface area (Å²) < 4.78 is 0. The third-order valence-electron chi connectivity index (χ3n) is 2.86. The van der Waals surface area contributed by atoms with E-state index in [1.54, 1.807) is 0 Å². The molecule has 0 aromatic heterocycles. The smallest absolute Gasteiger partial charge is 0.313 e. The average Bonchev–Trinajstić information content (AvgIpc) is 2.78. The first-order valence-corrected chi connectivity index (χ1v) is 7.03. The van der Waals surface area contributed by atoms with Crippen LogP contribution in [-0.4, -0.2) is 51.9 Å². The Morgan fingerprint density at radius 2 is 1.83 bits per heavy atom. The highest BCUT2D eigenvalue weighted by Crippen LogP contribution is 2.23. The van der Waals surface area contributed by atoms with Gasteiger partial charge in [-0.05, 0) is 12.8 Å². The van der Waals surface area contributed by atoms with Crippen LogP contribution in [0.2, 0.25) is 0 Å². The maximum absolute atomic E-state index is 12.0. The van der Waals surface area contributed by atoms with Crippen LogP contribution < -0.4 is 5.73 Å². The van der Waals surface area contributed by atoms with Crippen LogP contribution in [0, 0.1) is 0 Å². The van der Waals surface area contributed by atoms with Crippen LogP contribution in [0.1, 0.15) is 25.7 Å². The van der Waals surface area contributed by atoms with E-state index in [0.717, 1.165) is 37.4 Å². The summed E-state index contributed by atoms with van der Waals surface area (Å²) in [4.78, 5) is 34.8. The summed E-state index contributed by atoms with van der Waals surface area (Å²) in [7, 11) is 0. The van der Waals surface area contributed by atoms with Crippen LogP contribution in [-0.2, 0) is 14.4 Å². The molecule has 0 heterocycles. The average molecular weight is 274 g/mol. The van der Waals surface area contributed by atoms with Gasteiger partial charge in [0.05, 0.1) is 18.1 Å². The lowest BCUT2D eigenvalue weighted by atomic mass is 10.2. The molecule has 1 aliphatic carbocycles. The van der Waals surface area contributed by atoms with Crippen LogP contribution >= 0.6 is 11.8 Å².